The van der Waals surface area contributed by atoms with Crippen molar-refractivity contribution >= 4 is 55.1 Å². The van der Waals surface area contributed by atoms with Gasteiger partial charge >= 0.3 is 29.6 Å². The van der Waals surface area contributed by atoms with E-state index in [0.29, 0.717) is 88.1 Å². The smallest absolute Gasteiger partial charge is 1.00 e. The molecule has 3 radical (unpaired) electrons. The van der Waals surface area contributed by atoms with Gasteiger partial charge in [-0.2, -0.15) is 0 Å². The molecule has 0 amide bonds. The molecule has 0 aliphatic carbocycles. The number of rotatable bonds is 12. The Morgan fingerprint density at radius 3 is 1.92 bits per heavy atom. The number of pyridine rings is 2. The number of ketones is 1. The number of aliphatic hydroxyl groups is 2. The maximum absolute atomic E-state index is 13.8. The standard InChI is InChI=1S/C23H22ClFN2O3.C23H18ClFN2O3.B.Na.H/c2*24-19-5-2-1-4-18(19)22(29)15-7-8-21(16(12-15)14-28)27-11-9-17(13-27)30-23-20(25)6-3-10-26-23;;;/h1-8,10,12,17,22,28-29H,9,11,13-14H2;1-8,10,12,14,17H,9,11,13H2;;;/q;;;+1;-1/t17-,22?;17-;;;/m00.../s1. The van der Waals surface area contributed by atoms with E-state index in [0.717, 1.165) is 12.0 Å². The fourth-order valence-corrected chi connectivity index (χ4v) is 7.74. The number of aromatic nitrogens is 2. The second-order valence-corrected chi connectivity index (χ2v) is 15.0. The molecule has 313 valence electrons. The van der Waals surface area contributed by atoms with Gasteiger partial charge in [0.15, 0.2) is 23.7 Å². The van der Waals surface area contributed by atoms with Gasteiger partial charge in [0.2, 0.25) is 0 Å². The summed E-state index contributed by atoms with van der Waals surface area (Å²) in [5.41, 5.74) is 4.70. The van der Waals surface area contributed by atoms with Gasteiger partial charge in [-0.15, -0.1) is 0 Å². The molecule has 2 aliphatic rings. The van der Waals surface area contributed by atoms with Crippen molar-refractivity contribution in [2.75, 3.05) is 36.0 Å². The number of carbonyl (C=O) groups is 2. The molecule has 2 aromatic heterocycles. The molecule has 3 atom stereocenters. The maximum atomic E-state index is 13.8. The van der Waals surface area contributed by atoms with E-state index in [2.05, 4.69) is 14.9 Å². The minimum Gasteiger partial charge on any atom is -1.00 e. The summed E-state index contributed by atoms with van der Waals surface area (Å²) >= 11 is 12.3. The summed E-state index contributed by atoms with van der Waals surface area (Å²) in [5, 5.41) is 21.5. The summed E-state index contributed by atoms with van der Waals surface area (Å²) in [6, 6.07) is 30.1. The van der Waals surface area contributed by atoms with Crippen molar-refractivity contribution in [2.24, 2.45) is 0 Å². The Kier molecular flexibility index (Phi) is 17.5. The molecule has 4 heterocycles. The van der Waals surface area contributed by atoms with E-state index in [1.807, 2.05) is 29.2 Å². The molecule has 16 heteroatoms. The van der Waals surface area contributed by atoms with E-state index in [-0.39, 0.29) is 75.8 Å². The van der Waals surface area contributed by atoms with Crippen molar-refractivity contribution < 1.29 is 69.0 Å². The van der Waals surface area contributed by atoms with Crippen LogP contribution in [0.3, 0.4) is 0 Å². The van der Waals surface area contributed by atoms with Crippen LogP contribution in [0, 0.1) is 11.6 Å². The van der Waals surface area contributed by atoms with Crippen LogP contribution in [0.25, 0.3) is 0 Å². The average Bonchev–Trinajstić information content (AvgIpc) is 3.95. The van der Waals surface area contributed by atoms with E-state index < -0.39 is 17.7 Å². The number of carbonyl (C=O) groups excluding carboxylic acids is 2. The number of benzene rings is 4. The molecule has 0 spiro atoms. The summed E-state index contributed by atoms with van der Waals surface area (Å²) < 4.78 is 39.0. The van der Waals surface area contributed by atoms with Gasteiger partial charge in [-0.05, 0) is 78.4 Å². The molecule has 0 bridgehead atoms. The quantitative estimate of drug-likeness (QED) is 0.0937. The molecule has 10 nitrogen and oxygen atoms in total. The topological polar surface area (TPSA) is 125 Å². The van der Waals surface area contributed by atoms with Crippen LogP contribution in [0.15, 0.2) is 122 Å². The third-order valence-corrected chi connectivity index (χ3v) is 11.0. The normalized spacial score (nSPS) is 16.0. The van der Waals surface area contributed by atoms with Crippen LogP contribution < -0.4 is 48.8 Å². The minimum atomic E-state index is -0.889. The van der Waals surface area contributed by atoms with Gasteiger partial charge in [-0.1, -0.05) is 59.6 Å². The molecule has 62 heavy (non-hydrogen) atoms. The van der Waals surface area contributed by atoms with Crippen molar-refractivity contribution in [3.8, 4) is 11.8 Å². The van der Waals surface area contributed by atoms with Gasteiger partial charge in [0.25, 0.3) is 11.8 Å². The summed E-state index contributed by atoms with van der Waals surface area (Å²) in [4.78, 5) is 36.4. The molecule has 0 saturated carbocycles. The van der Waals surface area contributed by atoms with Crippen LogP contribution in [0.4, 0.5) is 20.2 Å². The number of aliphatic hydroxyl groups excluding tert-OH is 2. The predicted molar refractivity (Wildman–Crippen MR) is 232 cm³/mol. The fraction of sp³-hybridized carbons (Fsp3) is 0.217. The first-order valence-electron chi connectivity index (χ1n) is 19.2. The number of ether oxygens (including phenoxy) is 2. The first kappa shape index (κ1) is 48.2. The monoisotopic (exact) mass is 887 g/mol. The Balaban J connectivity index is 0.000000264. The summed E-state index contributed by atoms with van der Waals surface area (Å²) in [6.45, 7) is 2.20. The molecule has 2 N–H and O–H groups in total. The third-order valence-electron chi connectivity index (χ3n) is 10.3. The van der Waals surface area contributed by atoms with Gasteiger partial charge in [0.05, 0.1) is 24.7 Å². The molecule has 4 aromatic carbocycles. The van der Waals surface area contributed by atoms with Crippen molar-refractivity contribution in [2.45, 2.75) is 37.8 Å². The Labute approximate surface area is 393 Å². The average molecular weight is 889 g/mol. The molecule has 1 unspecified atom stereocenters. The van der Waals surface area contributed by atoms with Crippen LogP contribution >= 0.6 is 23.2 Å². The van der Waals surface area contributed by atoms with Crippen molar-refractivity contribution in [3.05, 3.63) is 177 Å². The number of nitrogens with zero attached hydrogens (tertiary/aromatic N) is 4. The van der Waals surface area contributed by atoms with Crippen LogP contribution in [-0.2, 0) is 6.61 Å². The summed E-state index contributed by atoms with van der Waals surface area (Å²) in [7, 11) is 0. The fourth-order valence-electron chi connectivity index (χ4n) is 7.28. The van der Waals surface area contributed by atoms with Gasteiger partial charge < -0.3 is 30.9 Å². The summed E-state index contributed by atoms with van der Waals surface area (Å²) in [5.74, 6) is -1.26. The first-order chi connectivity index (χ1) is 29.1. The molecule has 2 saturated heterocycles. The van der Waals surface area contributed by atoms with Crippen LogP contribution in [0.5, 0.6) is 11.8 Å². The molecule has 8 rings (SSSR count). The van der Waals surface area contributed by atoms with Crippen LogP contribution in [0.1, 0.15) is 63.3 Å². The van der Waals surface area contributed by atoms with Gasteiger partial charge in [0, 0.05) is 91.0 Å². The minimum absolute atomic E-state index is 0. The second kappa shape index (κ2) is 22.5. The maximum Gasteiger partial charge on any atom is 1.00 e. The number of halogens is 4. The third kappa shape index (κ3) is 11.4. The number of hydrogen-bond donors (Lipinski definition) is 2. The van der Waals surface area contributed by atoms with Gasteiger partial charge in [-0.3, -0.25) is 9.59 Å². The Hall–Kier alpha value is -4.86. The largest absolute Gasteiger partial charge is 1.00 e. The molecular weight excluding hydrogens is 847 g/mol. The zero-order valence-corrected chi connectivity index (χ0v) is 37.2. The Morgan fingerprint density at radius 1 is 0.790 bits per heavy atom. The van der Waals surface area contributed by atoms with E-state index in [1.54, 1.807) is 60.7 Å². The van der Waals surface area contributed by atoms with Crippen LogP contribution in [-0.4, -0.2) is 79.1 Å². The Bertz CT molecular complexity index is 2500. The number of hydrogen-bond acceptors (Lipinski definition) is 10. The Morgan fingerprint density at radius 2 is 1.35 bits per heavy atom. The van der Waals surface area contributed by atoms with E-state index >= 15 is 0 Å². The number of aldehydes is 1. The van der Waals surface area contributed by atoms with Crippen LogP contribution in [0.2, 0.25) is 10.0 Å². The molecular formula is C46H41BCl2F2N4NaO6. The van der Waals surface area contributed by atoms with Gasteiger partial charge in [-0.25, -0.2) is 18.7 Å². The SMILES string of the molecule is O=Cc1cc(C(=O)c2ccccc2Cl)ccc1N1CC[C@H](Oc2ncccc2F)C1.OCc1cc(C(O)c2ccccc2Cl)ccc1N1CC[C@H](Oc2ncccc2F)C1.[B].[H-].[Na+]. The molecule has 6 aromatic rings. The molecule has 2 aliphatic heterocycles. The first-order valence-corrected chi connectivity index (χ1v) is 20.0. The van der Waals surface area contributed by atoms with E-state index in [4.69, 9.17) is 32.7 Å². The number of anilines is 2. The van der Waals surface area contributed by atoms with Crippen molar-refractivity contribution in [1.82, 2.24) is 9.97 Å². The van der Waals surface area contributed by atoms with Crippen molar-refractivity contribution in [1.29, 1.82) is 0 Å². The van der Waals surface area contributed by atoms with E-state index in [9.17, 15) is 28.6 Å². The van der Waals surface area contributed by atoms with Gasteiger partial charge in [0.1, 0.15) is 18.3 Å². The van der Waals surface area contributed by atoms with E-state index in [1.165, 1.54) is 36.7 Å². The predicted octanol–water partition coefficient (Wildman–Crippen LogP) is 5.42. The summed E-state index contributed by atoms with van der Waals surface area (Å²) in [6.07, 6.45) is 3.74. The zero-order chi connectivity index (χ0) is 42.2. The second-order valence-electron chi connectivity index (χ2n) is 14.2. The zero-order valence-electron chi connectivity index (χ0n) is 34.7. The van der Waals surface area contributed by atoms with Crippen molar-refractivity contribution in [3.63, 3.8) is 0 Å². The molecule has 2 fully saturated rings.